The SMILES string of the molecule is C[SiH2-](C)c1ccc([SiH2-](C)C)cc1. The van der Waals surface area contributed by atoms with Crippen LogP contribution in [0.2, 0.25) is 26.2 Å². The number of hydrogen-bond acceptors (Lipinski definition) is 0. The van der Waals surface area contributed by atoms with Crippen molar-refractivity contribution in [3.63, 3.8) is 0 Å². The summed E-state index contributed by atoms with van der Waals surface area (Å²) in [6, 6.07) is 9.43. The fraction of sp³-hybridized carbons (Fsp3) is 0.400. The van der Waals surface area contributed by atoms with Crippen molar-refractivity contribution in [3.8, 4) is 0 Å². The molecule has 2 heteroatoms. The van der Waals surface area contributed by atoms with Crippen LogP contribution in [0.15, 0.2) is 24.3 Å². The van der Waals surface area contributed by atoms with E-state index in [1.807, 2.05) is 0 Å². The second-order valence-electron chi connectivity index (χ2n) is 4.64. The van der Waals surface area contributed by atoms with Gasteiger partial charge in [-0.3, -0.25) is 0 Å². The maximum atomic E-state index is 2.42. The zero-order valence-electron chi connectivity index (χ0n) is 8.72. The Hall–Kier alpha value is -0.346. The van der Waals surface area contributed by atoms with Crippen LogP contribution in [0.5, 0.6) is 0 Å². The van der Waals surface area contributed by atoms with Crippen LogP contribution in [0.4, 0.5) is 0 Å². The van der Waals surface area contributed by atoms with Gasteiger partial charge in [0.05, 0.1) is 0 Å². The van der Waals surface area contributed by atoms with Gasteiger partial charge in [0, 0.05) is 0 Å². The van der Waals surface area contributed by atoms with E-state index in [1.54, 1.807) is 10.4 Å². The Kier molecular flexibility index (Phi) is 3.29. The second kappa shape index (κ2) is 4.05. The molecule has 12 heavy (non-hydrogen) atoms. The van der Waals surface area contributed by atoms with Crippen molar-refractivity contribution in [2.45, 2.75) is 26.2 Å². The van der Waals surface area contributed by atoms with Gasteiger partial charge in [-0.15, -0.1) is 0 Å². The fourth-order valence-corrected chi connectivity index (χ4v) is 3.84. The van der Waals surface area contributed by atoms with Crippen molar-refractivity contribution in [1.29, 1.82) is 0 Å². The van der Waals surface area contributed by atoms with E-state index in [2.05, 4.69) is 50.5 Å². The van der Waals surface area contributed by atoms with Gasteiger partial charge in [0.1, 0.15) is 0 Å². The van der Waals surface area contributed by atoms with Gasteiger partial charge >= 0.3 is 78.4 Å². The molecular formula is C10H20Si2-2. The molecule has 0 aliphatic rings. The van der Waals surface area contributed by atoms with Crippen LogP contribution in [0.25, 0.3) is 0 Å². The van der Waals surface area contributed by atoms with E-state index >= 15 is 0 Å². The topological polar surface area (TPSA) is 0 Å². The molecule has 0 nitrogen and oxygen atoms in total. The van der Waals surface area contributed by atoms with Crippen molar-refractivity contribution >= 4 is 28.0 Å². The first kappa shape index (κ1) is 9.74. The predicted molar refractivity (Wildman–Crippen MR) is 66.3 cm³/mol. The molecule has 0 spiro atoms. The third kappa shape index (κ3) is 2.32. The molecule has 0 aliphatic heterocycles. The van der Waals surface area contributed by atoms with Gasteiger partial charge in [0.15, 0.2) is 0 Å². The Morgan fingerprint density at radius 1 is 0.667 bits per heavy atom. The third-order valence-corrected chi connectivity index (χ3v) is 6.86. The van der Waals surface area contributed by atoms with Crippen LogP contribution < -0.4 is 10.4 Å². The van der Waals surface area contributed by atoms with Gasteiger partial charge in [-0.05, 0) is 0 Å². The monoisotopic (exact) mass is 196 g/mol. The van der Waals surface area contributed by atoms with Crippen LogP contribution in [0.1, 0.15) is 0 Å². The van der Waals surface area contributed by atoms with Crippen molar-refractivity contribution in [2.75, 3.05) is 0 Å². The standard InChI is InChI=1S/C10H20Si2/c1-11(2)9-5-7-10(8-6-9)12(3)4/h5-8H,11-12H2,1-4H3/q-2. The number of benzene rings is 1. The molecule has 1 rings (SSSR count). The quantitative estimate of drug-likeness (QED) is 0.606. The third-order valence-electron chi connectivity index (χ3n) is 2.66. The van der Waals surface area contributed by atoms with Gasteiger partial charge in [-0.25, -0.2) is 0 Å². The van der Waals surface area contributed by atoms with E-state index in [1.165, 1.54) is 0 Å². The summed E-state index contributed by atoms with van der Waals surface area (Å²) in [5.41, 5.74) is 0. The van der Waals surface area contributed by atoms with Gasteiger partial charge in [-0.1, -0.05) is 0 Å². The van der Waals surface area contributed by atoms with Crippen LogP contribution in [-0.4, -0.2) is 17.6 Å². The summed E-state index contributed by atoms with van der Waals surface area (Å²) in [5, 5.41) is 3.27. The Morgan fingerprint density at radius 3 is 1.08 bits per heavy atom. The van der Waals surface area contributed by atoms with Crippen molar-refractivity contribution in [2.24, 2.45) is 0 Å². The summed E-state index contributed by atoms with van der Waals surface area (Å²) in [4.78, 5) is 0. The molecule has 0 fully saturated rings. The Labute approximate surface area is 78.8 Å². The normalized spacial score (nSPS) is 12.7. The van der Waals surface area contributed by atoms with E-state index in [0.29, 0.717) is 0 Å². The molecule has 70 valence electrons. The summed E-state index contributed by atoms with van der Waals surface area (Å²) in [7, 11) is -1.78. The molecule has 0 atom stereocenters. The van der Waals surface area contributed by atoms with Crippen molar-refractivity contribution in [3.05, 3.63) is 24.3 Å². The van der Waals surface area contributed by atoms with E-state index < -0.39 is 17.6 Å². The summed E-state index contributed by atoms with van der Waals surface area (Å²) >= 11 is 0. The minimum absolute atomic E-state index is 0.888. The van der Waals surface area contributed by atoms with Gasteiger partial charge in [0.25, 0.3) is 0 Å². The van der Waals surface area contributed by atoms with E-state index in [-0.39, 0.29) is 0 Å². The Bertz CT molecular complexity index is 210. The summed E-state index contributed by atoms with van der Waals surface area (Å²) < 4.78 is 0. The first-order chi connectivity index (χ1) is 5.61. The molecule has 1 aromatic rings. The average molecular weight is 196 g/mol. The maximum absolute atomic E-state index is 2.42. The van der Waals surface area contributed by atoms with Gasteiger partial charge in [0.2, 0.25) is 0 Å². The average Bonchev–Trinajstić information content (AvgIpc) is 2.04. The number of rotatable bonds is 2. The van der Waals surface area contributed by atoms with Gasteiger partial charge in [-0.2, -0.15) is 0 Å². The molecule has 0 radical (unpaired) electrons. The van der Waals surface area contributed by atoms with Crippen LogP contribution in [-0.2, 0) is 0 Å². The van der Waals surface area contributed by atoms with Crippen LogP contribution in [0.3, 0.4) is 0 Å². The molecule has 0 unspecified atom stereocenters. The first-order valence-corrected chi connectivity index (χ1v) is 12.4. The Morgan fingerprint density at radius 2 is 0.917 bits per heavy atom. The minimum atomic E-state index is -0.888. The summed E-state index contributed by atoms with van der Waals surface area (Å²) in [6.07, 6.45) is 0. The second-order valence-corrected chi connectivity index (χ2v) is 11.9. The first-order valence-electron chi connectivity index (χ1n) is 5.36. The Balaban J connectivity index is 2.86. The summed E-state index contributed by atoms with van der Waals surface area (Å²) in [6.45, 7) is 9.67. The van der Waals surface area contributed by atoms with Crippen molar-refractivity contribution in [1.82, 2.24) is 0 Å². The molecule has 0 bridgehead atoms. The fourth-order valence-electron chi connectivity index (χ4n) is 1.48. The molecule has 0 aromatic heterocycles. The molecule has 0 N–H and O–H groups in total. The molecule has 0 saturated heterocycles. The predicted octanol–water partition coefficient (Wildman–Crippen LogP) is 0.539. The molecular weight excluding hydrogens is 176 g/mol. The zero-order chi connectivity index (χ0) is 9.14. The molecule has 0 amide bonds. The molecule has 0 heterocycles. The van der Waals surface area contributed by atoms with Crippen LogP contribution in [0, 0.1) is 0 Å². The molecule has 0 aliphatic carbocycles. The van der Waals surface area contributed by atoms with E-state index in [4.69, 9.17) is 0 Å². The van der Waals surface area contributed by atoms with Gasteiger partial charge < -0.3 is 0 Å². The van der Waals surface area contributed by atoms with E-state index in [9.17, 15) is 0 Å². The van der Waals surface area contributed by atoms with Crippen LogP contribution >= 0.6 is 0 Å². The molecule has 1 aromatic carbocycles. The zero-order valence-corrected chi connectivity index (χ0v) is 11.6. The van der Waals surface area contributed by atoms with E-state index in [0.717, 1.165) is 0 Å². The van der Waals surface area contributed by atoms with Crippen molar-refractivity contribution < 1.29 is 0 Å². The summed E-state index contributed by atoms with van der Waals surface area (Å²) in [5.74, 6) is 0. The molecule has 0 saturated carbocycles. The number of hydrogen-bond donors (Lipinski definition) is 0.